The van der Waals surface area contributed by atoms with Crippen LogP contribution < -0.4 is 11.0 Å². The fourth-order valence-electron chi connectivity index (χ4n) is 2.70. The van der Waals surface area contributed by atoms with Crippen LogP contribution >= 0.6 is 0 Å². The second kappa shape index (κ2) is 8.74. The Morgan fingerprint density at radius 1 is 1.07 bits per heavy atom. The van der Waals surface area contributed by atoms with Gasteiger partial charge in [-0.05, 0) is 18.6 Å². The molecule has 29 heavy (non-hydrogen) atoms. The van der Waals surface area contributed by atoms with Crippen molar-refractivity contribution in [2.45, 2.75) is 19.9 Å². The first-order chi connectivity index (χ1) is 14.0. The highest BCUT2D eigenvalue weighted by atomic mass is 16.6. The number of nitrogens with one attached hydrogen (secondary N) is 1. The van der Waals surface area contributed by atoms with E-state index in [4.69, 9.17) is 0 Å². The molecule has 0 aliphatic heterocycles. The van der Waals surface area contributed by atoms with E-state index in [1.807, 2.05) is 54.1 Å². The van der Waals surface area contributed by atoms with Crippen molar-refractivity contribution in [1.82, 2.24) is 9.55 Å². The molecular weight excluding hydrogens is 376 g/mol. The molecule has 0 amide bonds. The van der Waals surface area contributed by atoms with Crippen LogP contribution in [0.15, 0.2) is 65.9 Å². The van der Waals surface area contributed by atoms with Gasteiger partial charge in [-0.1, -0.05) is 37.3 Å². The molecule has 3 aromatic rings. The molecule has 1 N–H and O–H groups in total. The summed E-state index contributed by atoms with van der Waals surface area (Å²) in [6, 6.07) is 14.8. The van der Waals surface area contributed by atoms with Gasteiger partial charge in [0.1, 0.15) is 5.69 Å². The molecule has 10 heteroatoms. The molecule has 0 aliphatic rings. The van der Waals surface area contributed by atoms with Crippen LogP contribution in [0, 0.1) is 20.2 Å². The lowest BCUT2D eigenvalue weighted by Gasteiger charge is -2.08. The summed E-state index contributed by atoms with van der Waals surface area (Å²) in [6.07, 6.45) is 2.70. The highest BCUT2D eigenvalue weighted by molar-refractivity contribution is 5.65. The summed E-state index contributed by atoms with van der Waals surface area (Å²) in [5, 5.41) is 26.4. The number of anilines is 1. The van der Waals surface area contributed by atoms with Crippen LogP contribution in [-0.4, -0.2) is 19.4 Å². The van der Waals surface area contributed by atoms with Crippen LogP contribution in [0.5, 0.6) is 0 Å². The zero-order chi connectivity index (χ0) is 20.8. The second-order valence-corrected chi connectivity index (χ2v) is 6.11. The molecule has 0 fully saturated rings. The molecule has 148 valence electrons. The van der Waals surface area contributed by atoms with Gasteiger partial charge in [0.15, 0.2) is 0 Å². The van der Waals surface area contributed by atoms with Gasteiger partial charge in [-0.15, -0.1) is 5.10 Å². The van der Waals surface area contributed by atoms with E-state index < -0.39 is 15.5 Å². The minimum atomic E-state index is -0.696. The molecule has 0 atom stereocenters. The van der Waals surface area contributed by atoms with E-state index in [1.54, 1.807) is 0 Å². The quantitative estimate of drug-likeness (QED) is 0.480. The number of rotatable bonds is 7. The highest BCUT2D eigenvalue weighted by Gasteiger charge is 2.19. The van der Waals surface area contributed by atoms with Gasteiger partial charge >= 0.3 is 5.69 Å². The maximum atomic E-state index is 11.3. The number of non-ortho nitro benzene ring substituents is 1. The van der Waals surface area contributed by atoms with Gasteiger partial charge in [-0.2, -0.15) is 0 Å². The predicted octanol–water partition coefficient (Wildman–Crippen LogP) is 3.70. The summed E-state index contributed by atoms with van der Waals surface area (Å²) in [5.41, 5.74) is 3.81. The van der Waals surface area contributed by atoms with Crippen LogP contribution in [0.4, 0.5) is 17.1 Å². The predicted molar refractivity (Wildman–Crippen MR) is 107 cm³/mol. The van der Waals surface area contributed by atoms with Crippen LogP contribution in [0.1, 0.15) is 13.3 Å². The summed E-state index contributed by atoms with van der Waals surface area (Å²) in [4.78, 5) is 25.3. The van der Waals surface area contributed by atoms with E-state index in [0.717, 1.165) is 18.1 Å². The summed E-state index contributed by atoms with van der Waals surface area (Å²) in [5.74, 6) is 0. The van der Waals surface area contributed by atoms with Gasteiger partial charge in [-0.3, -0.25) is 25.7 Å². The number of nitrogens with zero attached hydrogens (tertiary/aromatic N) is 5. The average Bonchev–Trinajstić information content (AvgIpc) is 2.73. The Hall–Kier alpha value is -4.08. The molecule has 2 aromatic carbocycles. The molecule has 0 aliphatic carbocycles. The van der Waals surface area contributed by atoms with Gasteiger partial charge in [0.2, 0.25) is 5.62 Å². The molecule has 0 spiro atoms. The first-order valence-electron chi connectivity index (χ1n) is 8.85. The Kier molecular flexibility index (Phi) is 5.93. The Balaban J connectivity index is 2.03. The van der Waals surface area contributed by atoms with Crippen molar-refractivity contribution in [2.24, 2.45) is 5.10 Å². The lowest BCUT2D eigenvalue weighted by atomic mass is 10.1. The Labute approximate surface area is 165 Å². The number of aromatic nitrogens is 2. The lowest BCUT2D eigenvalue weighted by molar-refractivity contribution is -0.393. The number of hydrogen-bond donors (Lipinski definition) is 1. The van der Waals surface area contributed by atoms with Crippen LogP contribution in [0.2, 0.25) is 0 Å². The third-order valence-corrected chi connectivity index (χ3v) is 4.09. The Morgan fingerprint density at radius 3 is 2.48 bits per heavy atom. The molecule has 3 rings (SSSR count). The van der Waals surface area contributed by atoms with E-state index in [1.165, 1.54) is 12.1 Å². The van der Waals surface area contributed by atoms with Crippen LogP contribution in [0.3, 0.4) is 0 Å². The zero-order valence-corrected chi connectivity index (χ0v) is 15.6. The first kappa shape index (κ1) is 19.7. The molecule has 0 saturated heterocycles. The minimum absolute atomic E-state index is 0.0376. The number of benzene rings is 2. The smallest absolute Gasteiger partial charge is 0.301 e. The minimum Gasteiger partial charge on any atom is -0.316 e. The second-order valence-electron chi connectivity index (χ2n) is 6.11. The van der Waals surface area contributed by atoms with Gasteiger partial charge in [0.05, 0.1) is 21.6 Å². The highest BCUT2D eigenvalue weighted by Crippen LogP contribution is 2.28. The zero-order valence-electron chi connectivity index (χ0n) is 15.6. The number of hydrogen-bond acceptors (Lipinski definition) is 7. The molecular formula is C19H18N6O4. The lowest BCUT2D eigenvalue weighted by Crippen LogP contribution is -2.25. The van der Waals surface area contributed by atoms with Crippen molar-refractivity contribution in [1.29, 1.82) is 0 Å². The van der Waals surface area contributed by atoms with Crippen molar-refractivity contribution in [3.05, 3.63) is 86.6 Å². The number of nitro groups is 2. The maximum Gasteiger partial charge on any atom is 0.301 e. The van der Waals surface area contributed by atoms with E-state index in [2.05, 4.69) is 15.5 Å². The normalized spacial score (nSPS) is 11.3. The van der Waals surface area contributed by atoms with Gasteiger partial charge in [-0.25, -0.2) is 4.98 Å². The topological polar surface area (TPSA) is 128 Å². The third-order valence-electron chi connectivity index (χ3n) is 4.09. The fourth-order valence-corrected chi connectivity index (χ4v) is 2.70. The Morgan fingerprint density at radius 2 is 1.83 bits per heavy atom. The van der Waals surface area contributed by atoms with Gasteiger partial charge < -0.3 is 4.57 Å². The monoisotopic (exact) mass is 394 g/mol. The summed E-state index contributed by atoms with van der Waals surface area (Å²) in [7, 11) is 0. The van der Waals surface area contributed by atoms with Crippen molar-refractivity contribution >= 4 is 17.1 Å². The molecule has 1 heterocycles. The first-order valence-corrected chi connectivity index (χ1v) is 8.85. The van der Waals surface area contributed by atoms with E-state index >= 15 is 0 Å². The number of aryl methyl sites for hydroxylation is 1. The van der Waals surface area contributed by atoms with E-state index in [9.17, 15) is 20.2 Å². The van der Waals surface area contributed by atoms with Crippen molar-refractivity contribution in [2.75, 3.05) is 5.43 Å². The van der Waals surface area contributed by atoms with E-state index in [-0.39, 0.29) is 11.4 Å². The molecule has 0 bridgehead atoms. The van der Waals surface area contributed by atoms with Crippen molar-refractivity contribution < 1.29 is 9.85 Å². The van der Waals surface area contributed by atoms with Gasteiger partial charge in [0.25, 0.3) is 5.69 Å². The summed E-state index contributed by atoms with van der Waals surface area (Å²) in [6.45, 7) is 2.67. The summed E-state index contributed by atoms with van der Waals surface area (Å²) >= 11 is 0. The number of nitro benzene ring substituents is 2. The molecule has 0 saturated carbocycles. The standard InChI is InChI=1S/C19H18N6O4/c1-2-11-23-12-10-16(14-6-4-3-5-7-14)20-19(23)22-21-17-9-8-15(24(26)27)13-18(17)25(28)29/h3-10,12-13,21H,2,11H2,1H3/b22-19+. The largest absolute Gasteiger partial charge is 0.316 e. The third kappa shape index (κ3) is 4.61. The maximum absolute atomic E-state index is 11.3. The van der Waals surface area contributed by atoms with Crippen molar-refractivity contribution in [3.63, 3.8) is 0 Å². The molecule has 1 aromatic heterocycles. The molecule has 0 radical (unpaired) electrons. The Bertz CT molecular complexity index is 1110. The van der Waals surface area contributed by atoms with Crippen LogP contribution in [0.25, 0.3) is 11.3 Å². The molecule has 0 unspecified atom stereocenters. The van der Waals surface area contributed by atoms with E-state index in [0.29, 0.717) is 17.9 Å². The van der Waals surface area contributed by atoms with Gasteiger partial charge in [0, 0.05) is 24.4 Å². The van der Waals surface area contributed by atoms with Crippen molar-refractivity contribution in [3.8, 4) is 11.3 Å². The summed E-state index contributed by atoms with van der Waals surface area (Å²) < 4.78 is 1.82. The fraction of sp³-hybridized carbons (Fsp3) is 0.158. The average molecular weight is 394 g/mol. The van der Waals surface area contributed by atoms with Crippen LogP contribution in [-0.2, 0) is 6.54 Å². The molecule has 10 nitrogen and oxygen atoms in total. The SMILES string of the molecule is CCCn1ccc(-c2ccccc2)n/c1=N\Nc1ccc([N+](=O)[O-])cc1[N+](=O)[O-].